The first kappa shape index (κ1) is 15.6. The van der Waals surface area contributed by atoms with Gasteiger partial charge in [-0.2, -0.15) is 0 Å². The van der Waals surface area contributed by atoms with Crippen LogP contribution in [0.1, 0.15) is 34.6 Å². The zero-order valence-electron chi connectivity index (χ0n) is 12.3. The molecule has 0 atom stereocenters. The Labute approximate surface area is 128 Å². The summed E-state index contributed by atoms with van der Waals surface area (Å²) in [4.78, 5) is 22.8. The number of aromatic carboxylic acids is 1. The quantitative estimate of drug-likeness (QED) is 0.677. The highest BCUT2D eigenvalue weighted by Crippen LogP contribution is 2.18. The van der Waals surface area contributed by atoms with Crippen molar-refractivity contribution >= 4 is 11.9 Å². The summed E-state index contributed by atoms with van der Waals surface area (Å²) >= 11 is 0. The zero-order valence-corrected chi connectivity index (χ0v) is 12.3. The van der Waals surface area contributed by atoms with Crippen molar-refractivity contribution in [3.8, 4) is 11.5 Å². The first-order valence-electron chi connectivity index (χ1n) is 6.78. The lowest BCUT2D eigenvalue weighted by Crippen LogP contribution is -2.10. The lowest BCUT2D eigenvalue weighted by molar-refractivity contribution is 0.0696. The third kappa shape index (κ3) is 4.09. The van der Waals surface area contributed by atoms with Gasteiger partial charge in [0.05, 0.1) is 17.2 Å². The van der Waals surface area contributed by atoms with Gasteiger partial charge in [-0.1, -0.05) is 6.07 Å². The Morgan fingerprint density at radius 1 is 0.955 bits per heavy atom. The molecule has 2 aromatic rings. The Bertz CT molecular complexity index is 674. The fourth-order valence-electron chi connectivity index (χ4n) is 1.80. The van der Waals surface area contributed by atoms with Gasteiger partial charge in [-0.05, 0) is 56.3 Å². The molecule has 0 spiro atoms. The van der Waals surface area contributed by atoms with E-state index in [-0.39, 0.29) is 17.4 Å². The minimum atomic E-state index is -1.03. The second-order valence-corrected chi connectivity index (χ2v) is 4.91. The number of hydrogen-bond donors (Lipinski definition) is 1. The molecule has 0 radical (unpaired) electrons. The Hall–Kier alpha value is -2.82. The van der Waals surface area contributed by atoms with E-state index in [4.69, 9.17) is 14.6 Å². The molecule has 0 aliphatic heterocycles. The molecule has 22 heavy (non-hydrogen) atoms. The maximum atomic E-state index is 12.1. The number of hydrogen-bond acceptors (Lipinski definition) is 4. The maximum absolute atomic E-state index is 12.1. The number of benzene rings is 2. The molecule has 1 N–H and O–H groups in total. The molecule has 2 aromatic carbocycles. The average molecular weight is 300 g/mol. The van der Waals surface area contributed by atoms with Crippen LogP contribution in [-0.2, 0) is 0 Å². The van der Waals surface area contributed by atoms with Crippen LogP contribution in [-0.4, -0.2) is 23.1 Å². The molecule has 0 aliphatic carbocycles. The smallest absolute Gasteiger partial charge is 0.343 e. The van der Waals surface area contributed by atoms with E-state index < -0.39 is 11.9 Å². The van der Waals surface area contributed by atoms with E-state index in [1.165, 1.54) is 24.3 Å². The molecule has 0 fully saturated rings. The second kappa shape index (κ2) is 6.76. The van der Waals surface area contributed by atoms with E-state index in [2.05, 4.69) is 0 Å². The molecule has 0 amide bonds. The van der Waals surface area contributed by atoms with Crippen LogP contribution in [0.25, 0.3) is 0 Å². The summed E-state index contributed by atoms with van der Waals surface area (Å²) in [5.74, 6) is -0.690. The van der Waals surface area contributed by atoms with Gasteiger partial charge in [0.25, 0.3) is 0 Å². The van der Waals surface area contributed by atoms with Gasteiger partial charge in [0, 0.05) is 0 Å². The lowest BCUT2D eigenvalue weighted by Gasteiger charge is -2.10. The van der Waals surface area contributed by atoms with Crippen molar-refractivity contribution in [2.45, 2.75) is 20.0 Å². The molecule has 0 saturated heterocycles. The van der Waals surface area contributed by atoms with E-state index in [1.54, 1.807) is 24.3 Å². The van der Waals surface area contributed by atoms with Crippen LogP contribution in [0.15, 0.2) is 48.5 Å². The number of ether oxygens (including phenoxy) is 2. The van der Waals surface area contributed by atoms with Gasteiger partial charge in [-0.3, -0.25) is 0 Å². The van der Waals surface area contributed by atoms with E-state index in [9.17, 15) is 9.59 Å². The van der Waals surface area contributed by atoms with Gasteiger partial charge in [0.2, 0.25) is 0 Å². The topological polar surface area (TPSA) is 72.8 Å². The van der Waals surface area contributed by atoms with E-state index in [0.29, 0.717) is 11.3 Å². The first-order valence-corrected chi connectivity index (χ1v) is 6.78. The van der Waals surface area contributed by atoms with Crippen LogP contribution < -0.4 is 9.47 Å². The highest BCUT2D eigenvalue weighted by Gasteiger charge is 2.11. The maximum Gasteiger partial charge on any atom is 0.343 e. The average Bonchev–Trinajstić information content (AvgIpc) is 2.47. The number of carboxylic acid groups (broad SMARTS) is 1. The highest BCUT2D eigenvalue weighted by atomic mass is 16.5. The molecule has 114 valence electrons. The predicted octanol–water partition coefficient (Wildman–Crippen LogP) is 3.39. The minimum Gasteiger partial charge on any atom is -0.491 e. The molecule has 0 saturated carbocycles. The van der Waals surface area contributed by atoms with Crippen LogP contribution >= 0.6 is 0 Å². The van der Waals surface area contributed by atoms with Crippen molar-refractivity contribution in [3.05, 3.63) is 59.7 Å². The number of rotatable bonds is 5. The number of carboxylic acids is 1. The van der Waals surface area contributed by atoms with E-state index in [1.807, 2.05) is 13.8 Å². The summed E-state index contributed by atoms with van der Waals surface area (Å²) in [5, 5.41) is 8.82. The molecular formula is C17H16O5. The Balaban J connectivity index is 2.10. The Morgan fingerprint density at radius 3 is 2.23 bits per heavy atom. The molecule has 0 unspecified atom stereocenters. The van der Waals surface area contributed by atoms with Crippen molar-refractivity contribution in [1.82, 2.24) is 0 Å². The molecule has 0 heterocycles. The molecule has 0 aromatic heterocycles. The van der Waals surface area contributed by atoms with Crippen LogP contribution in [0.5, 0.6) is 11.5 Å². The van der Waals surface area contributed by atoms with Crippen LogP contribution in [0.3, 0.4) is 0 Å². The van der Waals surface area contributed by atoms with Gasteiger partial charge in [-0.15, -0.1) is 0 Å². The Morgan fingerprint density at radius 2 is 1.64 bits per heavy atom. The summed E-state index contributed by atoms with van der Waals surface area (Å²) in [6.45, 7) is 3.80. The first-order chi connectivity index (χ1) is 10.5. The largest absolute Gasteiger partial charge is 0.491 e. The second-order valence-electron chi connectivity index (χ2n) is 4.91. The molecule has 0 aliphatic rings. The van der Waals surface area contributed by atoms with Crippen molar-refractivity contribution in [1.29, 1.82) is 0 Å². The molecule has 0 bridgehead atoms. The number of carbonyl (C=O) groups excluding carboxylic acids is 1. The van der Waals surface area contributed by atoms with Gasteiger partial charge in [0.15, 0.2) is 0 Å². The van der Waals surface area contributed by atoms with Crippen molar-refractivity contribution < 1.29 is 24.2 Å². The monoisotopic (exact) mass is 300 g/mol. The SMILES string of the molecule is CC(C)Oc1cccc(C(=O)Oc2ccc(C(=O)O)cc2)c1. The number of esters is 1. The predicted molar refractivity (Wildman–Crippen MR) is 80.6 cm³/mol. The lowest BCUT2D eigenvalue weighted by atomic mass is 10.2. The summed E-state index contributed by atoms with van der Waals surface area (Å²) < 4.78 is 10.7. The summed E-state index contributed by atoms with van der Waals surface area (Å²) in [5.41, 5.74) is 0.493. The fraction of sp³-hybridized carbons (Fsp3) is 0.176. The molecule has 2 rings (SSSR count). The highest BCUT2D eigenvalue weighted by molar-refractivity contribution is 5.92. The van der Waals surface area contributed by atoms with Gasteiger partial charge >= 0.3 is 11.9 Å². The van der Waals surface area contributed by atoms with Crippen molar-refractivity contribution in [3.63, 3.8) is 0 Å². The normalized spacial score (nSPS) is 10.3. The van der Waals surface area contributed by atoms with Crippen LogP contribution in [0.2, 0.25) is 0 Å². The molecular weight excluding hydrogens is 284 g/mol. The van der Waals surface area contributed by atoms with Crippen LogP contribution in [0.4, 0.5) is 0 Å². The zero-order chi connectivity index (χ0) is 16.1. The minimum absolute atomic E-state index is 0.00911. The third-order valence-electron chi connectivity index (χ3n) is 2.75. The van der Waals surface area contributed by atoms with Crippen LogP contribution in [0, 0.1) is 0 Å². The van der Waals surface area contributed by atoms with E-state index in [0.717, 1.165) is 0 Å². The summed E-state index contributed by atoms with van der Waals surface area (Å²) in [7, 11) is 0. The van der Waals surface area contributed by atoms with E-state index >= 15 is 0 Å². The molecule has 5 heteroatoms. The standard InChI is InChI=1S/C17H16O5/c1-11(2)21-15-5-3-4-13(10-15)17(20)22-14-8-6-12(7-9-14)16(18)19/h3-11H,1-2H3,(H,18,19). The van der Waals surface area contributed by atoms with Gasteiger partial charge in [0.1, 0.15) is 11.5 Å². The van der Waals surface area contributed by atoms with Crippen molar-refractivity contribution in [2.75, 3.05) is 0 Å². The molecule has 5 nitrogen and oxygen atoms in total. The summed E-state index contributed by atoms with van der Waals surface area (Å²) in [6, 6.07) is 12.3. The summed E-state index contributed by atoms with van der Waals surface area (Å²) in [6.07, 6.45) is 0.00911. The number of carbonyl (C=O) groups is 2. The van der Waals surface area contributed by atoms with Crippen molar-refractivity contribution in [2.24, 2.45) is 0 Å². The third-order valence-corrected chi connectivity index (χ3v) is 2.75. The Kier molecular flexibility index (Phi) is 4.78. The fourth-order valence-corrected chi connectivity index (χ4v) is 1.80. The van der Waals surface area contributed by atoms with Gasteiger partial charge < -0.3 is 14.6 Å². The van der Waals surface area contributed by atoms with Gasteiger partial charge in [-0.25, -0.2) is 9.59 Å².